The first-order valence-corrected chi connectivity index (χ1v) is 7.20. The number of aryl methyl sites for hydroxylation is 1. The number of hydrogen-bond acceptors (Lipinski definition) is 1. The molecule has 2 aromatic carbocycles. The fraction of sp³-hybridized carbons (Fsp3) is 0.0769. The molecule has 0 spiro atoms. The molecule has 1 heterocycles. The van der Waals surface area contributed by atoms with Gasteiger partial charge in [-0.15, -0.1) is 11.3 Å². The maximum absolute atomic E-state index is 6.01. The Labute approximate surface area is 116 Å². The predicted molar refractivity (Wildman–Crippen MR) is 81.8 cm³/mol. The van der Waals surface area contributed by atoms with Crippen LogP contribution in [0.5, 0.6) is 0 Å². The van der Waals surface area contributed by atoms with Crippen molar-refractivity contribution in [2.45, 2.75) is 6.92 Å². The summed E-state index contributed by atoms with van der Waals surface area (Å²) in [4.78, 5) is 0. The topological polar surface area (TPSA) is 0 Å². The van der Waals surface area contributed by atoms with Gasteiger partial charge in [-0.25, -0.2) is 0 Å². The van der Waals surface area contributed by atoms with E-state index in [2.05, 4.69) is 47.7 Å². The molecular formula is C13H8ClIS. The average Bonchev–Trinajstić information content (AvgIpc) is 2.55. The maximum Gasteiger partial charge on any atom is 0.0420 e. The van der Waals surface area contributed by atoms with Crippen molar-refractivity contribution in [3.63, 3.8) is 0 Å². The molecule has 0 radical (unpaired) electrons. The van der Waals surface area contributed by atoms with E-state index < -0.39 is 0 Å². The fourth-order valence-corrected chi connectivity index (χ4v) is 3.96. The Bertz CT molecular complexity index is 700. The first-order chi connectivity index (χ1) is 7.65. The van der Waals surface area contributed by atoms with Gasteiger partial charge in [-0.1, -0.05) is 17.7 Å². The zero-order valence-corrected chi connectivity index (χ0v) is 12.3. The molecule has 0 aliphatic rings. The molecule has 0 amide bonds. The molecule has 3 heteroatoms. The number of hydrogen-bond donors (Lipinski definition) is 0. The molecular weight excluding hydrogens is 351 g/mol. The van der Waals surface area contributed by atoms with E-state index in [-0.39, 0.29) is 0 Å². The highest BCUT2D eigenvalue weighted by molar-refractivity contribution is 14.1. The molecule has 3 aromatic rings. The van der Waals surface area contributed by atoms with E-state index in [1.54, 1.807) is 0 Å². The van der Waals surface area contributed by atoms with Gasteiger partial charge in [0.15, 0.2) is 0 Å². The summed E-state index contributed by atoms with van der Waals surface area (Å²) in [5.74, 6) is 0. The summed E-state index contributed by atoms with van der Waals surface area (Å²) in [6, 6.07) is 10.6. The van der Waals surface area contributed by atoms with E-state index in [1.165, 1.54) is 29.3 Å². The second-order valence-electron chi connectivity index (χ2n) is 3.84. The zero-order chi connectivity index (χ0) is 11.3. The van der Waals surface area contributed by atoms with Crippen LogP contribution in [0.3, 0.4) is 0 Å². The quantitative estimate of drug-likeness (QED) is 0.457. The number of benzene rings is 2. The van der Waals surface area contributed by atoms with Crippen molar-refractivity contribution in [1.82, 2.24) is 0 Å². The molecule has 0 saturated carbocycles. The second-order valence-corrected chi connectivity index (χ2v) is 6.52. The Morgan fingerprint density at radius 3 is 2.62 bits per heavy atom. The van der Waals surface area contributed by atoms with Crippen LogP contribution in [0, 0.1) is 10.5 Å². The molecule has 0 unspecified atom stereocenters. The van der Waals surface area contributed by atoms with Crippen LogP contribution in [0.4, 0.5) is 0 Å². The third kappa shape index (κ3) is 1.63. The van der Waals surface area contributed by atoms with Gasteiger partial charge in [0.2, 0.25) is 0 Å². The minimum atomic E-state index is 0.811. The Hall–Kier alpha value is -0.320. The summed E-state index contributed by atoms with van der Waals surface area (Å²) in [5, 5.41) is 3.46. The molecule has 0 aliphatic carbocycles. The van der Waals surface area contributed by atoms with Crippen LogP contribution in [0.2, 0.25) is 5.02 Å². The first-order valence-electron chi connectivity index (χ1n) is 4.93. The smallest absolute Gasteiger partial charge is 0.0420 e. The highest BCUT2D eigenvalue weighted by Gasteiger charge is 2.07. The number of halogens is 2. The highest BCUT2D eigenvalue weighted by Crippen LogP contribution is 2.36. The number of fused-ring (bicyclic) bond motifs is 3. The SMILES string of the molecule is Cc1cc2c(cc1I)sc1cc(Cl)ccc12. The van der Waals surface area contributed by atoms with Crippen LogP contribution in [0.15, 0.2) is 30.3 Å². The molecule has 0 fully saturated rings. The van der Waals surface area contributed by atoms with Crippen molar-refractivity contribution in [2.75, 3.05) is 0 Å². The van der Waals surface area contributed by atoms with Gasteiger partial charge < -0.3 is 0 Å². The molecule has 0 bridgehead atoms. The van der Waals surface area contributed by atoms with Crippen molar-refractivity contribution in [3.05, 3.63) is 44.5 Å². The summed E-state index contributed by atoms with van der Waals surface area (Å²) in [5.41, 5.74) is 1.34. The molecule has 1 aromatic heterocycles. The number of rotatable bonds is 0. The second kappa shape index (κ2) is 3.86. The maximum atomic E-state index is 6.01. The van der Waals surface area contributed by atoms with Crippen molar-refractivity contribution in [1.29, 1.82) is 0 Å². The Morgan fingerprint density at radius 2 is 1.81 bits per heavy atom. The lowest BCUT2D eigenvalue weighted by atomic mass is 10.1. The van der Waals surface area contributed by atoms with Crippen LogP contribution in [0.25, 0.3) is 20.2 Å². The molecule has 80 valence electrons. The normalized spacial score (nSPS) is 11.4. The summed E-state index contributed by atoms with van der Waals surface area (Å²) in [6.45, 7) is 2.15. The molecule has 0 atom stereocenters. The van der Waals surface area contributed by atoms with Crippen molar-refractivity contribution in [3.8, 4) is 0 Å². The largest absolute Gasteiger partial charge is 0.135 e. The average molecular weight is 359 g/mol. The standard InChI is InChI=1S/C13H8ClIS/c1-7-4-10-9-3-2-8(14)5-12(9)16-13(10)6-11(7)15/h2-6H,1H3. The first kappa shape index (κ1) is 10.8. The van der Waals surface area contributed by atoms with E-state index in [9.17, 15) is 0 Å². The monoisotopic (exact) mass is 358 g/mol. The van der Waals surface area contributed by atoms with E-state index >= 15 is 0 Å². The van der Waals surface area contributed by atoms with Gasteiger partial charge in [0.25, 0.3) is 0 Å². The van der Waals surface area contributed by atoms with E-state index in [1.807, 2.05) is 23.5 Å². The van der Waals surface area contributed by atoms with E-state index in [4.69, 9.17) is 11.6 Å². The molecule has 0 saturated heterocycles. The summed E-state index contributed by atoms with van der Waals surface area (Å²) in [7, 11) is 0. The van der Waals surface area contributed by atoms with Crippen molar-refractivity contribution in [2.24, 2.45) is 0 Å². The van der Waals surface area contributed by atoms with E-state index in [0.717, 1.165) is 5.02 Å². The van der Waals surface area contributed by atoms with Crippen LogP contribution < -0.4 is 0 Å². The van der Waals surface area contributed by atoms with Crippen LogP contribution in [-0.2, 0) is 0 Å². The summed E-state index contributed by atoms with van der Waals surface area (Å²) in [6.07, 6.45) is 0. The molecule has 3 rings (SSSR count). The molecule has 0 N–H and O–H groups in total. The van der Waals surface area contributed by atoms with Gasteiger partial charge in [0, 0.05) is 28.8 Å². The Morgan fingerprint density at radius 1 is 1.06 bits per heavy atom. The minimum Gasteiger partial charge on any atom is -0.135 e. The fourth-order valence-electron chi connectivity index (χ4n) is 1.88. The summed E-state index contributed by atoms with van der Waals surface area (Å²) < 4.78 is 3.93. The molecule has 16 heavy (non-hydrogen) atoms. The van der Waals surface area contributed by atoms with Crippen molar-refractivity contribution < 1.29 is 0 Å². The van der Waals surface area contributed by atoms with Gasteiger partial charge in [-0.05, 0) is 59.3 Å². The van der Waals surface area contributed by atoms with Crippen molar-refractivity contribution >= 4 is 65.7 Å². The van der Waals surface area contributed by atoms with E-state index in [0.29, 0.717) is 0 Å². The summed E-state index contributed by atoms with van der Waals surface area (Å²) >= 11 is 10.2. The molecule has 0 nitrogen and oxygen atoms in total. The Kier molecular flexibility index (Phi) is 2.61. The highest BCUT2D eigenvalue weighted by atomic mass is 127. The van der Waals surface area contributed by atoms with Crippen LogP contribution in [0.1, 0.15) is 5.56 Å². The van der Waals surface area contributed by atoms with Gasteiger partial charge in [-0.3, -0.25) is 0 Å². The predicted octanol–water partition coefficient (Wildman–Crippen LogP) is 5.62. The third-order valence-corrected chi connectivity index (χ3v) is 5.23. The zero-order valence-electron chi connectivity index (χ0n) is 8.55. The lowest BCUT2D eigenvalue weighted by Crippen LogP contribution is -1.77. The lowest BCUT2D eigenvalue weighted by Gasteiger charge is -1.98. The molecule has 0 aliphatic heterocycles. The lowest BCUT2D eigenvalue weighted by molar-refractivity contribution is 1.47. The third-order valence-electron chi connectivity index (χ3n) is 2.71. The van der Waals surface area contributed by atoms with Crippen LogP contribution in [-0.4, -0.2) is 0 Å². The number of thiophene rings is 1. The van der Waals surface area contributed by atoms with Gasteiger partial charge in [0.05, 0.1) is 0 Å². The van der Waals surface area contributed by atoms with Gasteiger partial charge in [0.1, 0.15) is 0 Å². The Balaban J connectivity index is 2.51. The van der Waals surface area contributed by atoms with Gasteiger partial charge in [-0.2, -0.15) is 0 Å². The van der Waals surface area contributed by atoms with Gasteiger partial charge >= 0.3 is 0 Å². The van der Waals surface area contributed by atoms with Crippen LogP contribution >= 0.6 is 45.5 Å². The minimum absolute atomic E-state index is 0.811.